The van der Waals surface area contributed by atoms with Gasteiger partial charge in [0.1, 0.15) is 17.9 Å². The smallest absolute Gasteiger partial charge is 0.143 e. The van der Waals surface area contributed by atoms with Gasteiger partial charge in [-0.3, -0.25) is 0 Å². The maximum atomic E-state index is 5.97. The highest BCUT2D eigenvalue weighted by Gasteiger charge is 2.08. The largest absolute Gasteiger partial charge is 0.495 e. The number of hydrogen-bond donors (Lipinski definition) is 2. The van der Waals surface area contributed by atoms with Gasteiger partial charge in [0.25, 0.3) is 0 Å². The fourth-order valence-corrected chi connectivity index (χ4v) is 2.48. The molecule has 3 aromatic rings. The molecule has 2 aromatic carbocycles. The van der Waals surface area contributed by atoms with Crippen LogP contribution in [0, 0.1) is 0 Å². The lowest BCUT2D eigenvalue weighted by Gasteiger charge is -2.11. The number of hydrogen-bond acceptors (Lipinski definition) is 5. The summed E-state index contributed by atoms with van der Waals surface area (Å²) in [5, 5.41) is 4.12. The van der Waals surface area contributed by atoms with Gasteiger partial charge in [0.15, 0.2) is 0 Å². The Morgan fingerprint density at radius 3 is 2.73 bits per heavy atom. The monoisotopic (exact) mass is 380 g/mol. The van der Waals surface area contributed by atoms with Crippen molar-refractivity contribution in [3.63, 3.8) is 0 Å². The van der Waals surface area contributed by atoms with Crippen LogP contribution in [0.4, 0.5) is 17.2 Å². The molecule has 3 rings (SSSR count). The van der Waals surface area contributed by atoms with Crippen molar-refractivity contribution < 1.29 is 4.74 Å². The third-order valence-electron chi connectivity index (χ3n) is 3.07. The fraction of sp³-hybridized carbons (Fsp3) is 0.0667. The summed E-state index contributed by atoms with van der Waals surface area (Å²) in [6.45, 7) is 0. The zero-order valence-corrected chi connectivity index (χ0v) is 14.1. The SMILES string of the molecule is COc1cc2ncnc(Nc3cccc(Br)c3)c2cc1N.Cl. The number of anilines is 3. The first-order valence-corrected chi connectivity index (χ1v) is 7.07. The number of halogens is 2. The maximum absolute atomic E-state index is 5.97. The van der Waals surface area contributed by atoms with Crippen LogP contribution in [0.2, 0.25) is 0 Å². The quantitative estimate of drug-likeness (QED) is 0.667. The van der Waals surface area contributed by atoms with E-state index in [2.05, 4.69) is 31.2 Å². The van der Waals surface area contributed by atoms with Gasteiger partial charge in [0, 0.05) is 21.6 Å². The van der Waals surface area contributed by atoms with Crippen molar-refractivity contribution >= 4 is 56.4 Å². The van der Waals surface area contributed by atoms with Crippen LogP contribution in [0.5, 0.6) is 5.75 Å². The molecule has 3 N–H and O–H groups in total. The minimum absolute atomic E-state index is 0. The summed E-state index contributed by atoms with van der Waals surface area (Å²) in [5.74, 6) is 1.31. The molecule has 1 heterocycles. The van der Waals surface area contributed by atoms with Crippen molar-refractivity contribution in [2.75, 3.05) is 18.2 Å². The summed E-state index contributed by atoms with van der Waals surface area (Å²) in [6, 6.07) is 11.5. The van der Waals surface area contributed by atoms with E-state index >= 15 is 0 Å². The number of ether oxygens (including phenoxy) is 1. The van der Waals surface area contributed by atoms with E-state index in [1.165, 1.54) is 6.33 Å². The molecular weight excluding hydrogens is 368 g/mol. The van der Waals surface area contributed by atoms with Crippen molar-refractivity contribution in [3.8, 4) is 5.75 Å². The van der Waals surface area contributed by atoms with Crippen LogP contribution in [-0.2, 0) is 0 Å². The average Bonchev–Trinajstić information content (AvgIpc) is 2.47. The Balaban J connectivity index is 0.00000176. The van der Waals surface area contributed by atoms with E-state index in [1.807, 2.05) is 30.3 Å². The van der Waals surface area contributed by atoms with Crippen molar-refractivity contribution in [1.82, 2.24) is 9.97 Å². The first-order chi connectivity index (χ1) is 10.2. The fourth-order valence-electron chi connectivity index (χ4n) is 2.08. The first kappa shape index (κ1) is 16.3. The lowest BCUT2D eigenvalue weighted by molar-refractivity contribution is 0.417. The number of rotatable bonds is 3. The molecule has 0 aliphatic heterocycles. The van der Waals surface area contributed by atoms with E-state index in [9.17, 15) is 0 Å². The Kier molecular flexibility index (Phi) is 5.05. The second kappa shape index (κ2) is 6.81. The van der Waals surface area contributed by atoms with Gasteiger partial charge in [-0.25, -0.2) is 9.97 Å². The van der Waals surface area contributed by atoms with E-state index in [0.29, 0.717) is 17.3 Å². The number of methoxy groups -OCH3 is 1. The van der Waals surface area contributed by atoms with Gasteiger partial charge in [-0.1, -0.05) is 22.0 Å². The minimum atomic E-state index is 0. The van der Waals surface area contributed by atoms with Gasteiger partial charge >= 0.3 is 0 Å². The molecule has 0 aliphatic carbocycles. The van der Waals surface area contributed by atoms with Crippen LogP contribution in [0.15, 0.2) is 47.2 Å². The third-order valence-corrected chi connectivity index (χ3v) is 3.57. The standard InChI is InChI=1S/C15H13BrN4O.ClH/c1-21-14-7-13-11(6-12(14)17)15(19-8-18-13)20-10-4-2-3-9(16)5-10;/h2-8H,17H2,1H3,(H,18,19,20);1H. The molecule has 1 aromatic heterocycles. The van der Waals surface area contributed by atoms with E-state index in [4.69, 9.17) is 10.5 Å². The summed E-state index contributed by atoms with van der Waals surface area (Å²) in [4.78, 5) is 8.55. The number of nitrogens with two attached hydrogens (primary N) is 1. The normalized spacial score (nSPS) is 10.1. The lowest BCUT2D eigenvalue weighted by Crippen LogP contribution is -1.98. The number of benzene rings is 2. The second-order valence-corrected chi connectivity index (χ2v) is 5.38. The Hall–Kier alpha value is -2.05. The van der Waals surface area contributed by atoms with E-state index in [0.717, 1.165) is 21.1 Å². The second-order valence-electron chi connectivity index (χ2n) is 4.47. The molecule has 7 heteroatoms. The molecule has 0 radical (unpaired) electrons. The minimum Gasteiger partial charge on any atom is -0.495 e. The number of nitrogens with one attached hydrogen (secondary N) is 1. The van der Waals surface area contributed by atoms with E-state index < -0.39 is 0 Å². The van der Waals surface area contributed by atoms with Crippen LogP contribution in [-0.4, -0.2) is 17.1 Å². The van der Waals surface area contributed by atoms with Crippen LogP contribution >= 0.6 is 28.3 Å². The van der Waals surface area contributed by atoms with Crippen molar-refractivity contribution in [1.29, 1.82) is 0 Å². The molecule has 0 saturated carbocycles. The van der Waals surface area contributed by atoms with Crippen LogP contribution in [0.25, 0.3) is 10.9 Å². The van der Waals surface area contributed by atoms with Crippen LogP contribution in [0.1, 0.15) is 0 Å². The maximum Gasteiger partial charge on any atom is 0.143 e. The zero-order chi connectivity index (χ0) is 14.8. The van der Waals surface area contributed by atoms with Gasteiger partial charge in [0.2, 0.25) is 0 Å². The molecule has 22 heavy (non-hydrogen) atoms. The Morgan fingerprint density at radius 1 is 1.18 bits per heavy atom. The predicted molar refractivity (Wildman–Crippen MR) is 95.2 cm³/mol. The van der Waals surface area contributed by atoms with E-state index in [-0.39, 0.29) is 12.4 Å². The highest BCUT2D eigenvalue weighted by Crippen LogP contribution is 2.31. The molecule has 0 atom stereocenters. The van der Waals surface area contributed by atoms with Crippen LogP contribution in [0.3, 0.4) is 0 Å². The third kappa shape index (κ3) is 3.23. The molecule has 0 saturated heterocycles. The van der Waals surface area contributed by atoms with Crippen LogP contribution < -0.4 is 15.8 Å². The molecular formula is C15H14BrClN4O. The Morgan fingerprint density at radius 2 is 2.00 bits per heavy atom. The van der Waals surface area contributed by atoms with Gasteiger partial charge < -0.3 is 15.8 Å². The molecule has 0 aliphatic rings. The average molecular weight is 382 g/mol. The van der Waals surface area contributed by atoms with Gasteiger partial charge in [-0.15, -0.1) is 12.4 Å². The summed E-state index contributed by atoms with van der Waals surface area (Å²) in [7, 11) is 1.58. The summed E-state index contributed by atoms with van der Waals surface area (Å²) >= 11 is 3.45. The number of aromatic nitrogens is 2. The van der Waals surface area contributed by atoms with Gasteiger partial charge in [-0.05, 0) is 24.3 Å². The number of nitrogen functional groups attached to an aromatic ring is 1. The highest BCUT2D eigenvalue weighted by molar-refractivity contribution is 9.10. The molecule has 0 fully saturated rings. The molecule has 0 spiro atoms. The molecule has 0 amide bonds. The molecule has 0 unspecified atom stereocenters. The number of fused-ring (bicyclic) bond motifs is 1. The Labute approximate surface area is 142 Å². The topological polar surface area (TPSA) is 73.1 Å². The predicted octanol–water partition coefficient (Wildman–Crippen LogP) is 4.15. The first-order valence-electron chi connectivity index (χ1n) is 6.28. The van der Waals surface area contributed by atoms with Gasteiger partial charge in [0.05, 0.1) is 18.3 Å². The van der Waals surface area contributed by atoms with Crippen molar-refractivity contribution in [3.05, 3.63) is 47.2 Å². The van der Waals surface area contributed by atoms with Crippen molar-refractivity contribution in [2.45, 2.75) is 0 Å². The molecule has 0 bridgehead atoms. The highest BCUT2D eigenvalue weighted by atomic mass is 79.9. The summed E-state index contributed by atoms with van der Waals surface area (Å²) in [5.41, 5.74) is 8.22. The van der Waals surface area contributed by atoms with Crippen molar-refractivity contribution in [2.24, 2.45) is 0 Å². The molecule has 5 nitrogen and oxygen atoms in total. The molecule has 114 valence electrons. The lowest BCUT2D eigenvalue weighted by atomic mass is 10.2. The summed E-state index contributed by atoms with van der Waals surface area (Å²) < 4.78 is 6.21. The zero-order valence-electron chi connectivity index (χ0n) is 11.7. The summed E-state index contributed by atoms with van der Waals surface area (Å²) in [6.07, 6.45) is 1.51. The Bertz CT molecular complexity index is 813. The van der Waals surface area contributed by atoms with E-state index in [1.54, 1.807) is 13.2 Å². The van der Waals surface area contributed by atoms with Gasteiger partial charge in [-0.2, -0.15) is 0 Å². The number of nitrogens with zero attached hydrogens (tertiary/aromatic N) is 2.